The van der Waals surface area contributed by atoms with Crippen LogP contribution >= 0.6 is 11.3 Å². The van der Waals surface area contributed by atoms with Gasteiger partial charge in [-0.05, 0) is 30.9 Å². The van der Waals surface area contributed by atoms with Crippen molar-refractivity contribution in [2.75, 3.05) is 11.4 Å². The Balaban J connectivity index is 1.72. The lowest BCUT2D eigenvalue weighted by molar-refractivity contribution is 0.193. The first kappa shape index (κ1) is 13.7. The number of hydrogen-bond acceptors (Lipinski definition) is 6. The van der Waals surface area contributed by atoms with Crippen molar-refractivity contribution in [2.45, 2.75) is 32.5 Å². The van der Waals surface area contributed by atoms with Crippen molar-refractivity contribution in [1.82, 2.24) is 19.7 Å². The Morgan fingerprint density at radius 1 is 1.32 bits per heavy atom. The summed E-state index contributed by atoms with van der Waals surface area (Å²) in [5.41, 5.74) is 2.86. The normalized spacial score (nSPS) is 16.5. The molecule has 1 N–H and O–H groups in total. The summed E-state index contributed by atoms with van der Waals surface area (Å²) in [7, 11) is 0. The van der Waals surface area contributed by atoms with Gasteiger partial charge < -0.3 is 10.0 Å². The van der Waals surface area contributed by atoms with Crippen LogP contribution in [-0.2, 0) is 13.1 Å². The molecule has 0 saturated carbocycles. The summed E-state index contributed by atoms with van der Waals surface area (Å²) in [6.45, 7) is 4.32. The van der Waals surface area contributed by atoms with E-state index >= 15 is 0 Å². The quantitative estimate of drug-likeness (QED) is 0.786. The molecule has 1 atom stereocenters. The molecule has 6 nitrogen and oxygen atoms in total. The van der Waals surface area contributed by atoms with Gasteiger partial charge in [0.15, 0.2) is 0 Å². The molecule has 0 radical (unpaired) electrons. The van der Waals surface area contributed by atoms with E-state index in [0.717, 1.165) is 53.5 Å². The molecule has 4 heterocycles. The minimum Gasteiger partial charge on any atom is -0.387 e. The van der Waals surface area contributed by atoms with Crippen molar-refractivity contribution < 1.29 is 5.11 Å². The van der Waals surface area contributed by atoms with E-state index < -0.39 is 6.10 Å². The second-order valence-electron chi connectivity index (χ2n) is 5.57. The van der Waals surface area contributed by atoms with Gasteiger partial charge in [-0.25, -0.2) is 9.97 Å². The molecular formula is C15H17N5OS. The number of aliphatic hydroxyl groups excluding tert-OH is 1. The van der Waals surface area contributed by atoms with Crippen LogP contribution in [0.25, 0.3) is 10.2 Å². The van der Waals surface area contributed by atoms with Gasteiger partial charge in [0.2, 0.25) is 0 Å². The van der Waals surface area contributed by atoms with E-state index in [1.165, 1.54) is 0 Å². The van der Waals surface area contributed by atoms with Gasteiger partial charge in [-0.3, -0.25) is 4.68 Å². The third-order valence-corrected chi connectivity index (χ3v) is 4.88. The zero-order valence-corrected chi connectivity index (χ0v) is 13.1. The van der Waals surface area contributed by atoms with Crippen LogP contribution in [0.1, 0.15) is 30.8 Å². The lowest BCUT2D eigenvalue weighted by Gasteiger charge is -2.21. The number of anilines is 1. The molecule has 0 amide bonds. The molecule has 3 aromatic heterocycles. The molecule has 22 heavy (non-hydrogen) atoms. The molecular weight excluding hydrogens is 298 g/mol. The second-order valence-corrected chi connectivity index (χ2v) is 6.48. The van der Waals surface area contributed by atoms with Crippen LogP contribution in [0.5, 0.6) is 0 Å². The zero-order valence-electron chi connectivity index (χ0n) is 12.3. The Kier molecular flexibility index (Phi) is 3.31. The number of aliphatic hydroxyl groups is 1. The van der Waals surface area contributed by atoms with Crippen LogP contribution in [0.2, 0.25) is 0 Å². The Bertz CT molecular complexity index is 809. The molecule has 0 fully saturated rings. The summed E-state index contributed by atoms with van der Waals surface area (Å²) in [6.07, 6.45) is 2.11. The minimum atomic E-state index is -0.532. The summed E-state index contributed by atoms with van der Waals surface area (Å²) in [6, 6.07) is 4.02. The van der Waals surface area contributed by atoms with Crippen LogP contribution in [0.4, 0.5) is 5.82 Å². The smallest absolute Gasteiger partial charge is 0.150 e. The summed E-state index contributed by atoms with van der Waals surface area (Å²) in [4.78, 5) is 11.1. The van der Waals surface area contributed by atoms with Crippen molar-refractivity contribution in [3.8, 4) is 0 Å². The van der Waals surface area contributed by atoms with Crippen molar-refractivity contribution >= 4 is 27.4 Å². The number of thiophene rings is 1. The van der Waals surface area contributed by atoms with Crippen LogP contribution in [-0.4, -0.2) is 31.4 Å². The van der Waals surface area contributed by atoms with E-state index in [2.05, 4.69) is 25.3 Å². The van der Waals surface area contributed by atoms with E-state index in [4.69, 9.17) is 0 Å². The second kappa shape index (κ2) is 5.33. The fraction of sp³-hybridized carbons (Fsp3) is 0.400. The number of nitrogens with zero attached hydrogens (tertiary/aromatic N) is 5. The third-order valence-electron chi connectivity index (χ3n) is 3.98. The molecule has 0 aromatic carbocycles. The van der Waals surface area contributed by atoms with Gasteiger partial charge in [0, 0.05) is 13.1 Å². The van der Waals surface area contributed by atoms with E-state index in [-0.39, 0.29) is 0 Å². The van der Waals surface area contributed by atoms with Crippen molar-refractivity contribution in [2.24, 2.45) is 0 Å². The highest BCUT2D eigenvalue weighted by Gasteiger charge is 2.21. The molecule has 4 rings (SSSR count). The molecule has 0 saturated heterocycles. The number of fused-ring (bicyclic) bond motifs is 2. The lowest BCUT2D eigenvalue weighted by atomic mass is 10.2. The highest BCUT2D eigenvalue weighted by Crippen LogP contribution is 2.30. The fourth-order valence-corrected chi connectivity index (χ4v) is 3.73. The van der Waals surface area contributed by atoms with Gasteiger partial charge >= 0.3 is 0 Å². The maximum absolute atomic E-state index is 9.73. The number of hydrogen-bond donors (Lipinski definition) is 1. The Labute approximate surface area is 132 Å². The van der Waals surface area contributed by atoms with Gasteiger partial charge in [0.1, 0.15) is 12.1 Å². The van der Waals surface area contributed by atoms with Gasteiger partial charge in [-0.15, -0.1) is 11.3 Å². The predicted molar refractivity (Wildman–Crippen MR) is 85.9 cm³/mol. The highest BCUT2D eigenvalue weighted by atomic mass is 32.1. The molecule has 0 bridgehead atoms. The van der Waals surface area contributed by atoms with Crippen LogP contribution in [0.3, 0.4) is 0 Å². The molecule has 1 aliphatic rings. The highest BCUT2D eigenvalue weighted by molar-refractivity contribution is 7.17. The fourth-order valence-electron chi connectivity index (χ4n) is 2.87. The number of aryl methyl sites for hydroxylation is 1. The van der Waals surface area contributed by atoms with Crippen LogP contribution in [0, 0.1) is 0 Å². The molecule has 3 aromatic rings. The standard InChI is InChI=1S/C15H17N5OS/c1-10(21)13-7-11-8-19(4-2-5-20(11)18-13)15-14-12(3-6-22-14)16-9-17-15/h3,6-7,9-10,21H,2,4-5,8H2,1H3. The molecule has 1 unspecified atom stereocenters. The summed E-state index contributed by atoms with van der Waals surface area (Å²) < 4.78 is 3.14. The average molecular weight is 315 g/mol. The molecule has 0 aliphatic carbocycles. The largest absolute Gasteiger partial charge is 0.387 e. The van der Waals surface area contributed by atoms with Crippen LogP contribution < -0.4 is 4.90 Å². The maximum atomic E-state index is 9.73. The first-order chi connectivity index (χ1) is 10.7. The van der Waals surface area contributed by atoms with Crippen molar-refractivity contribution in [3.63, 3.8) is 0 Å². The monoisotopic (exact) mass is 315 g/mol. The van der Waals surface area contributed by atoms with Gasteiger partial charge in [-0.2, -0.15) is 5.10 Å². The average Bonchev–Trinajstić information content (AvgIpc) is 3.09. The van der Waals surface area contributed by atoms with E-state index in [1.54, 1.807) is 24.6 Å². The summed E-state index contributed by atoms with van der Waals surface area (Å²) >= 11 is 1.68. The topological polar surface area (TPSA) is 67.1 Å². The van der Waals surface area contributed by atoms with E-state index in [0.29, 0.717) is 0 Å². The van der Waals surface area contributed by atoms with Gasteiger partial charge in [0.05, 0.1) is 34.3 Å². The molecule has 7 heteroatoms. The van der Waals surface area contributed by atoms with Crippen molar-refractivity contribution in [1.29, 1.82) is 0 Å². The predicted octanol–water partition coefficient (Wildman–Crippen LogP) is 2.35. The zero-order chi connectivity index (χ0) is 15.1. The number of rotatable bonds is 2. The first-order valence-electron chi connectivity index (χ1n) is 7.40. The SMILES string of the molecule is CC(O)c1cc2n(n1)CCCN(c1ncnc3ccsc13)C2. The molecule has 0 spiro atoms. The first-order valence-corrected chi connectivity index (χ1v) is 8.28. The Morgan fingerprint density at radius 3 is 3.09 bits per heavy atom. The van der Waals surface area contributed by atoms with E-state index in [9.17, 15) is 5.11 Å². The summed E-state index contributed by atoms with van der Waals surface area (Å²) in [5.74, 6) is 0.994. The van der Waals surface area contributed by atoms with Crippen LogP contribution in [0.15, 0.2) is 23.8 Å². The van der Waals surface area contributed by atoms with Gasteiger partial charge in [0.25, 0.3) is 0 Å². The Hall–Kier alpha value is -1.99. The third kappa shape index (κ3) is 2.26. The van der Waals surface area contributed by atoms with Gasteiger partial charge in [-0.1, -0.05) is 0 Å². The Morgan fingerprint density at radius 2 is 2.23 bits per heavy atom. The molecule has 1 aliphatic heterocycles. The summed E-state index contributed by atoms with van der Waals surface area (Å²) in [5, 5.41) is 16.3. The number of aromatic nitrogens is 4. The molecule has 114 valence electrons. The minimum absolute atomic E-state index is 0.532. The van der Waals surface area contributed by atoms with Crippen molar-refractivity contribution in [3.05, 3.63) is 35.2 Å². The maximum Gasteiger partial charge on any atom is 0.150 e. The van der Waals surface area contributed by atoms with E-state index in [1.807, 2.05) is 16.8 Å². The lowest BCUT2D eigenvalue weighted by Crippen LogP contribution is -2.23.